The lowest BCUT2D eigenvalue weighted by atomic mass is 9.48. The number of ether oxygens (including phenoxy) is 2. The van der Waals surface area contributed by atoms with Gasteiger partial charge in [0.15, 0.2) is 18.1 Å². The molecule has 3 aromatic rings. The van der Waals surface area contributed by atoms with E-state index in [1.807, 2.05) is 19.1 Å². The van der Waals surface area contributed by atoms with Gasteiger partial charge in [-0.3, -0.25) is 14.6 Å². The molecule has 4 fully saturated rings. The molecule has 1 heterocycles. The third-order valence-corrected chi connectivity index (χ3v) is 8.77. The summed E-state index contributed by atoms with van der Waals surface area (Å²) in [6.45, 7) is 2.16. The fraction of sp³-hybridized carbons (Fsp3) is 0.394. The number of anilines is 1. The summed E-state index contributed by atoms with van der Waals surface area (Å²) in [6.07, 6.45) is 12.9. The van der Waals surface area contributed by atoms with Crippen LogP contribution in [0.3, 0.4) is 0 Å². The maximum atomic E-state index is 12.7. The Labute approximate surface area is 240 Å². The molecule has 0 atom stereocenters. The van der Waals surface area contributed by atoms with Gasteiger partial charge in [-0.2, -0.15) is 5.10 Å². The van der Waals surface area contributed by atoms with Crippen LogP contribution in [0.4, 0.5) is 5.69 Å². The van der Waals surface area contributed by atoms with E-state index in [9.17, 15) is 9.59 Å². The highest BCUT2D eigenvalue weighted by Crippen LogP contribution is 2.60. The molecule has 4 aliphatic rings. The van der Waals surface area contributed by atoms with Crippen molar-refractivity contribution in [3.05, 3.63) is 83.7 Å². The van der Waals surface area contributed by atoms with E-state index in [4.69, 9.17) is 9.47 Å². The maximum absolute atomic E-state index is 12.7. The molecule has 2 amide bonds. The number of rotatable bonds is 10. The van der Waals surface area contributed by atoms with Gasteiger partial charge in [0.1, 0.15) is 0 Å². The average molecular weight is 553 g/mol. The van der Waals surface area contributed by atoms with E-state index in [-0.39, 0.29) is 18.4 Å². The number of hydrazone groups is 1. The summed E-state index contributed by atoms with van der Waals surface area (Å²) in [5.74, 6) is 3.08. The number of pyridine rings is 1. The number of nitrogens with zero attached hydrogens (tertiary/aromatic N) is 2. The van der Waals surface area contributed by atoms with E-state index in [1.165, 1.54) is 50.3 Å². The van der Waals surface area contributed by atoms with Gasteiger partial charge in [-0.25, -0.2) is 5.43 Å². The van der Waals surface area contributed by atoms with Gasteiger partial charge in [0.25, 0.3) is 11.8 Å². The van der Waals surface area contributed by atoms with Crippen molar-refractivity contribution >= 4 is 23.7 Å². The Hall–Kier alpha value is -4.20. The molecule has 4 aliphatic carbocycles. The first-order valence-electron chi connectivity index (χ1n) is 14.5. The molecule has 8 heteroatoms. The second-order valence-electron chi connectivity index (χ2n) is 11.7. The van der Waals surface area contributed by atoms with Crippen LogP contribution in [0.25, 0.3) is 0 Å². The Bertz CT molecular complexity index is 1390. The van der Waals surface area contributed by atoms with Crippen molar-refractivity contribution in [3.8, 4) is 11.5 Å². The standard InChI is InChI=1S/C33H36N4O4/c1-2-40-30-16-22(20-35-37-32(39)26-9-11-34-12-10-26)3-8-29(30)41-21-31(38)36-28-6-4-27(5-7-28)33-17-23-13-24(18-33)15-25(14-23)19-33/h3-12,16,20,23-25H,2,13-15,17-19,21H2,1H3,(H,36,38)(H,37,39)/b35-20+. The molecule has 0 saturated heterocycles. The molecular formula is C33H36N4O4. The van der Waals surface area contributed by atoms with Crippen molar-refractivity contribution in [2.75, 3.05) is 18.5 Å². The fourth-order valence-electron chi connectivity index (χ4n) is 7.44. The highest BCUT2D eigenvalue weighted by Gasteiger charge is 2.51. The zero-order valence-electron chi connectivity index (χ0n) is 23.3. The normalized spacial score (nSPS) is 24.3. The lowest BCUT2D eigenvalue weighted by molar-refractivity contribution is -0.118. The van der Waals surface area contributed by atoms with Gasteiger partial charge in [0.2, 0.25) is 0 Å². The monoisotopic (exact) mass is 552 g/mol. The number of amides is 2. The molecule has 0 unspecified atom stereocenters. The van der Waals surface area contributed by atoms with Crippen LogP contribution >= 0.6 is 0 Å². The van der Waals surface area contributed by atoms with E-state index in [2.05, 4.69) is 33.0 Å². The molecule has 212 valence electrons. The van der Waals surface area contributed by atoms with Crippen LogP contribution < -0.4 is 20.2 Å². The summed E-state index contributed by atoms with van der Waals surface area (Å²) in [6, 6.07) is 17.0. The van der Waals surface area contributed by atoms with Crippen molar-refractivity contribution in [3.63, 3.8) is 0 Å². The second-order valence-corrected chi connectivity index (χ2v) is 11.7. The van der Waals surface area contributed by atoms with Gasteiger partial charge in [-0.1, -0.05) is 12.1 Å². The molecule has 4 bridgehead atoms. The minimum absolute atomic E-state index is 0.147. The van der Waals surface area contributed by atoms with Gasteiger partial charge >= 0.3 is 0 Å². The van der Waals surface area contributed by atoms with Crippen molar-refractivity contribution < 1.29 is 19.1 Å². The first-order chi connectivity index (χ1) is 20.0. The molecule has 0 radical (unpaired) electrons. The Balaban J connectivity index is 1.03. The number of hydrogen-bond acceptors (Lipinski definition) is 6. The van der Waals surface area contributed by atoms with Crippen molar-refractivity contribution in [1.82, 2.24) is 10.4 Å². The van der Waals surface area contributed by atoms with Crippen LogP contribution in [0.5, 0.6) is 11.5 Å². The molecule has 1 aromatic heterocycles. The van der Waals surface area contributed by atoms with Gasteiger partial charge in [0.05, 0.1) is 12.8 Å². The number of hydrogen-bond donors (Lipinski definition) is 2. The van der Waals surface area contributed by atoms with Crippen molar-refractivity contribution in [1.29, 1.82) is 0 Å². The van der Waals surface area contributed by atoms with E-state index < -0.39 is 0 Å². The largest absolute Gasteiger partial charge is 0.490 e. The highest BCUT2D eigenvalue weighted by atomic mass is 16.5. The predicted molar refractivity (Wildman–Crippen MR) is 157 cm³/mol. The Morgan fingerprint density at radius 2 is 1.61 bits per heavy atom. The first kappa shape index (κ1) is 27.0. The van der Waals surface area contributed by atoms with Gasteiger partial charge < -0.3 is 14.8 Å². The van der Waals surface area contributed by atoms with Crippen LogP contribution in [-0.4, -0.2) is 36.2 Å². The second kappa shape index (κ2) is 11.7. The number of benzene rings is 2. The van der Waals surface area contributed by atoms with E-state index in [0.29, 0.717) is 34.6 Å². The minimum atomic E-state index is -0.331. The zero-order valence-corrected chi connectivity index (χ0v) is 23.3. The maximum Gasteiger partial charge on any atom is 0.271 e. The summed E-state index contributed by atoms with van der Waals surface area (Å²) in [7, 11) is 0. The molecule has 8 nitrogen and oxygen atoms in total. The molecule has 7 rings (SSSR count). The molecule has 0 aliphatic heterocycles. The van der Waals surface area contributed by atoms with E-state index in [0.717, 1.165) is 23.4 Å². The highest BCUT2D eigenvalue weighted by molar-refractivity contribution is 5.94. The summed E-state index contributed by atoms with van der Waals surface area (Å²) in [5, 5.41) is 6.98. The molecule has 2 N–H and O–H groups in total. The van der Waals surface area contributed by atoms with Crippen LogP contribution in [0.15, 0.2) is 72.1 Å². The minimum Gasteiger partial charge on any atom is -0.490 e. The summed E-state index contributed by atoms with van der Waals surface area (Å²) >= 11 is 0. The Morgan fingerprint density at radius 3 is 2.27 bits per heavy atom. The lowest BCUT2D eigenvalue weighted by Gasteiger charge is -2.57. The topological polar surface area (TPSA) is 102 Å². The lowest BCUT2D eigenvalue weighted by Crippen LogP contribution is -2.48. The smallest absolute Gasteiger partial charge is 0.271 e. The van der Waals surface area contributed by atoms with Crippen molar-refractivity contribution in [2.24, 2.45) is 22.9 Å². The van der Waals surface area contributed by atoms with Crippen LogP contribution in [-0.2, 0) is 10.2 Å². The Kier molecular flexibility index (Phi) is 7.72. The number of carbonyl (C=O) groups is 2. The third-order valence-electron chi connectivity index (χ3n) is 8.77. The Morgan fingerprint density at radius 1 is 0.927 bits per heavy atom. The SMILES string of the molecule is CCOc1cc(/C=N/NC(=O)c2ccncc2)ccc1OCC(=O)Nc1ccc(C23CC4CC(CC(C4)C2)C3)cc1. The molecule has 41 heavy (non-hydrogen) atoms. The fourth-order valence-corrected chi connectivity index (χ4v) is 7.44. The molecule has 0 spiro atoms. The summed E-state index contributed by atoms with van der Waals surface area (Å²) < 4.78 is 11.5. The molecule has 4 saturated carbocycles. The molecule has 2 aromatic carbocycles. The van der Waals surface area contributed by atoms with Crippen LogP contribution in [0.1, 0.15) is 66.9 Å². The number of nitrogens with one attached hydrogen (secondary N) is 2. The third kappa shape index (κ3) is 6.11. The van der Waals surface area contributed by atoms with Crippen LogP contribution in [0, 0.1) is 17.8 Å². The van der Waals surface area contributed by atoms with Crippen molar-refractivity contribution in [2.45, 2.75) is 50.9 Å². The first-order valence-corrected chi connectivity index (χ1v) is 14.5. The molecular weight excluding hydrogens is 516 g/mol. The van der Waals surface area contributed by atoms with Gasteiger partial charge in [-0.05, 0) is 122 Å². The predicted octanol–water partition coefficient (Wildman–Crippen LogP) is 5.73. The van der Waals surface area contributed by atoms with E-state index in [1.54, 1.807) is 42.7 Å². The zero-order chi connectivity index (χ0) is 28.2. The van der Waals surface area contributed by atoms with Gasteiger partial charge in [-0.15, -0.1) is 0 Å². The van der Waals surface area contributed by atoms with E-state index >= 15 is 0 Å². The van der Waals surface area contributed by atoms with Gasteiger partial charge in [0, 0.05) is 23.6 Å². The summed E-state index contributed by atoms with van der Waals surface area (Å²) in [5.41, 5.74) is 6.22. The summed E-state index contributed by atoms with van der Waals surface area (Å²) in [4.78, 5) is 28.8. The average Bonchev–Trinajstić information content (AvgIpc) is 2.97. The quantitative estimate of drug-likeness (QED) is 0.247. The number of aromatic nitrogens is 1. The number of carbonyl (C=O) groups excluding carboxylic acids is 2. The van der Waals surface area contributed by atoms with Crippen LogP contribution in [0.2, 0.25) is 0 Å².